The Morgan fingerprint density at radius 1 is 1.16 bits per heavy atom. The second-order valence-corrected chi connectivity index (χ2v) is 10.6. The molecule has 2 aliphatic rings. The summed E-state index contributed by atoms with van der Waals surface area (Å²) in [6, 6.07) is 4.70. The number of pyridine rings is 1. The molecule has 6 nitrogen and oxygen atoms in total. The molecule has 4 rings (SSSR count). The van der Waals surface area contributed by atoms with Gasteiger partial charge in [0.05, 0.1) is 24.1 Å². The van der Waals surface area contributed by atoms with E-state index in [0.717, 1.165) is 38.4 Å². The molecule has 1 aliphatic carbocycles. The van der Waals surface area contributed by atoms with Crippen LogP contribution in [0.3, 0.4) is 0 Å². The molecule has 6 heteroatoms. The first-order valence-electron chi connectivity index (χ1n) is 14.7. The highest BCUT2D eigenvalue weighted by atomic mass is 15.3. The average Bonchev–Trinajstić information content (AvgIpc) is 3.08. The Balaban J connectivity index is 0.00000127. The number of hydrogen-bond donors (Lipinski definition) is 0. The predicted molar refractivity (Wildman–Crippen MR) is 160 cm³/mol. The molecule has 1 saturated heterocycles. The summed E-state index contributed by atoms with van der Waals surface area (Å²) in [5.41, 5.74) is 5.30. The summed E-state index contributed by atoms with van der Waals surface area (Å²) in [4.78, 5) is 17.7. The van der Waals surface area contributed by atoms with Gasteiger partial charge >= 0.3 is 0 Å². The van der Waals surface area contributed by atoms with Gasteiger partial charge in [0.2, 0.25) is 0 Å². The first kappa shape index (κ1) is 30.1. The number of rotatable bonds is 10. The summed E-state index contributed by atoms with van der Waals surface area (Å²) in [6.07, 6.45) is 19.3. The molecule has 3 heterocycles. The summed E-state index contributed by atoms with van der Waals surface area (Å²) in [5.74, 6) is 3.35. The highest BCUT2D eigenvalue weighted by Crippen LogP contribution is 2.33. The third-order valence-corrected chi connectivity index (χ3v) is 7.78. The summed E-state index contributed by atoms with van der Waals surface area (Å²) >= 11 is 0. The van der Waals surface area contributed by atoms with Crippen molar-refractivity contribution in [3.8, 4) is 12.3 Å². The van der Waals surface area contributed by atoms with Crippen LogP contribution in [0.15, 0.2) is 24.4 Å². The van der Waals surface area contributed by atoms with Crippen molar-refractivity contribution >= 4 is 6.08 Å². The van der Waals surface area contributed by atoms with Crippen molar-refractivity contribution in [3.05, 3.63) is 52.9 Å². The summed E-state index contributed by atoms with van der Waals surface area (Å²) < 4.78 is 2.48. The van der Waals surface area contributed by atoms with E-state index >= 15 is 0 Å². The van der Waals surface area contributed by atoms with Crippen molar-refractivity contribution in [1.29, 1.82) is 0 Å². The van der Waals surface area contributed by atoms with Crippen LogP contribution in [0.5, 0.6) is 0 Å². The average molecular weight is 519 g/mol. The quantitative estimate of drug-likeness (QED) is 0.373. The van der Waals surface area contributed by atoms with Crippen LogP contribution in [0, 0.1) is 12.3 Å². The predicted octanol–water partition coefficient (Wildman–Crippen LogP) is 5.79. The van der Waals surface area contributed by atoms with Gasteiger partial charge in [-0.3, -0.25) is 14.8 Å². The Bertz CT molecular complexity index is 1050. The van der Waals surface area contributed by atoms with Crippen molar-refractivity contribution in [2.24, 2.45) is 0 Å². The van der Waals surface area contributed by atoms with Gasteiger partial charge in [0, 0.05) is 38.1 Å². The number of unbranched alkanes of at least 4 members (excludes halogenated alkanes) is 1. The van der Waals surface area contributed by atoms with E-state index in [0.29, 0.717) is 6.04 Å². The molecule has 2 aromatic rings. The first-order chi connectivity index (χ1) is 18.6. The minimum atomic E-state index is 0.375. The Morgan fingerprint density at radius 3 is 2.66 bits per heavy atom. The fourth-order valence-corrected chi connectivity index (χ4v) is 5.84. The minimum absolute atomic E-state index is 0.375. The lowest BCUT2D eigenvalue weighted by Crippen LogP contribution is -2.33. The van der Waals surface area contributed by atoms with Gasteiger partial charge in [-0.05, 0) is 90.2 Å². The zero-order valence-electron chi connectivity index (χ0n) is 24.6. The third-order valence-electron chi connectivity index (χ3n) is 7.78. The molecule has 38 heavy (non-hydrogen) atoms. The van der Waals surface area contributed by atoms with Gasteiger partial charge < -0.3 is 9.47 Å². The van der Waals surface area contributed by atoms with E-state index in [1.165, 1.54) is 80.9 Å². The van der Waals surface area contributed by atoms with Crippen LogP contribution in [-0.2, 0) is 26.1 Å². The zero-order chi connectivity index (χ0) is 27.3. The zero-order valence-corrected chi connectivity index (χ0v) is 24.6. The molecule has 0 saturated carbocycles. The number of nitrogens with zero attached hydrogens (tertiary/aromatic N) is 6. The molecule has 0 bridgehead atoms. The fraction of sp³-hybridized carbons (Fsp3) is 0.625. The van der Waals surface area contributed by atoms with Gasteiger partial charge in [0.25, 0.3) is 0 Å². The molecular formula is C32H50N6. The highest BCUT2D eigenvalue weighted by Gasteiger charge is 2.27. The van der Waals surface area contributed by atoms with Crippen molar-refractivity contribution in [2.75, 3.05) is 39.8 Å². The van der Waals surface area contributed by atoms with Crippen molar-refractivity contribution < 1.29 is 0 Å². The van der Waals surface area contributed by atoms with Crippen LogP contribution in [0.4, 0.5) is 0 Å². The fourth-order valence-electron chi connectivity index (χ4n) is 5.84. The molecule has 0 spiro atoms. The number of imidazole rings is 1. The minimum Gasteiger partial charge on any atom is -0.315 e. The summed E-state index contributed by atoms with van der Waals surface area (Å²) in [6.45, 7) is 16.1. The number of allylic oxidation sites excluding steroid dienone is 1. The molecule has 0 N–H and O–H groups in total. The monoisotopic (exact) mass is 518 g/mol. The number of terminal acetylenes is 1. The first-order valence-corrected chi connectivity index (χ1v) is 14.7. The van der Waals surface area contributed by atoms with Crippen molar-refractivity contribution in [1.82, 2.24) is 29.2 Å². The van der Waals surface area contributed by atoms with E-state index in [9.17, 15) is 0 Å². The van der Waals surface area contributed by atoms with Crippen LogP contribution >= 0.6 is 0 Å². The Hall–Kier alpha value is -2.46. The maximum absolute atomic E-state index is 5.18. The van der Waals surface area contributed by atoms with Crippen molar-refractivity contribution in [3.63, 3.8) is 0 Å². The second-order valence-electron chi connectivity index (χ2n) is 10.6. The van der Waals surface area contributed by atoms with Gasteiger partial charge in [-0.25, -0.2) is 4.98 Å². The van der Waals surface area contributed by atoms with E-state index in [1.54, 1.807) is 6.92 Å². The van der Waals surface area contributed by atoms with E-state index in [-0.39, 0.29) is 0 Å². The van der Waals surface area contributed by atoms with Crippen LogP contribution < -0.4 is 0 Å². The summed E-state index contributed by atoms with van der Waals surface area (Å²) in [7, 11) is 2.25. The number of aromatic nitrogens is 3. The molecule has 1 aliphatic heterocycles. The molecule has 0 radical (unpaired) electrons. The van der Waals surface area contributed by atoms with E-state index < -0.39 is 0 Å². The molecule has 1 fully saturated rings. The maximum Gasteiger partial charge on any atom is 0.133 e. The Morgan fingerprint density at radius 2 is 1.92 bits per heavy atom. The van der Waals surface area contributed by atoms with Gasteiger partial charge in [0.1, 0.15) is 5.82 Å². The smallest absolute Gasteiger partial charge is 0.133 e. The third kappa shape index (κ3) is 8.02. The van der Waals surface area contributed by atoms with Gasteiger partial charge in [-0.2, -0.15) is 0 Å². The van der Waals surface area contributed by atoms with E-state index in [2.05, 4.69) is 83.7 Å². The van der Waals surface area contributed by atoms with Crippen LogP contribution in [0.25, 0.3) is 6.08 Å². The van der Waals surface area contributed by atoms with Crippen LogP contribution in [-0.4, -0.2) is 69.0 Å². The van der Waals surface area contributed by atoms with Crippen LogP contribution in [0.2, 0.25) is 0 Å². The SMILES string of the molecule is C#CC.C/C=C\c1nc(CN(C)C2CCCc3cccnc32)c(CC)n1CN1CCCN(CCCC)CC1. The lowest BCUT2D eigenvalue weighted by molar-refractivity contribution is 0.204. The van der Waals surface area contributed by atoms with Gasteiger partial charge in [0.15, 0.2) is 0 Å². The normalized spacial score (nSPS) is 18.6. The van der Waals surface area contributed by atoms with Crippen LogP contribution in [0.1, 0.15) is 94.3 Å². The molecule has 0 aromatic carbocycles. The molecular weight excluding hydrogens is 468 g/mol. The molecule has 2 aromatic heterocycles. The van der Waals surface area contributed by atoms with E-state index in [4.69, 9.17) is 9.97 Å². The number of hydrogen-bond acceptors (Lipinski definition) is 5. The molecule has 0 amide bonds. The molecule has 1 atom stereocenters. The van der Waals surface area contributed by atoms with Gasteiger partial charge in [-0.1, -0.05) is 32.4 Å². The molecule has 208 valence electrons. The second kappa shape index (κ2) is 15.8. The summed E-state index contributed by atoms with van der Waals surface area (Å²) in [5, 5.41) is 0. The topological polar surface area (TPSA) is 40.4 Å². The van der Waals surface area contributed by atoms with Crippen molar-refractivity contribution in [2.45, 2.75) is 91.9 Å². The largest absolute Gasteiger partial charge is 0.315 e. The van der Waals surface area contributed by atoms with Gasteiger partial charge in [-0.15, -0.1) is 12.3 Å². The number of fused-ring (bicyclic) bond motifs is 1. The highest BCUT2D eigenvalue weighted by molar-refractivity contribution is 5.42. The Kier molecular flexibility index (Phi) is 12.5. The lowest BCUT2D eigenvalue weighted by Gasteiger charge is -2.32. The molecule has 1 unspecified atom stereocenters. The van der Waals surface area contributed by atoms with E-state index in [1.807, 2.05) is 6.20 Å². The standard InChI is InChI=1S/C29H46N6.C3H4/c1-5-8-17-33-18-11-19-34(21-20-33)23-35-26(7-3)25(31-28(35)12-6-2)22-32(4)27-15-9-13-24-14-10-16-30-29(24)27;1-3-2/h6,10,12,14,16,27H,5,7-9,11,13,15,17-23H2,1-4H3;1H,2H3/b12-6-;. The lowest BCUT2D eigenvalue weighted by atomic mass is 9.91. The Labute approximate surface area is 232 Å². The maximum atomic E-state index is 5.18. The number of aryl methyl sites for hydroxylation is 1.